The van der Waals surface area contributed by atoms with E-state index < -0.39 is 11.6 Å². The number of hydrogen-bond acceptors (Lipinski definition) is 3. The first-order valence-electron chi connectivity index (χ1n) is 5.61. The van der Waals surface area contributed by atoms with E-state index >= 15 is 0 Å². The van der Waals surface area contributed by atoms with Gasteiger partial charge in [0.25, 0.3) is 5.91 Å². The maximum absolute atomic E-state index is 12.1. The summed E-state index contributed by atoms with van der Waals surface area (Å²) in [5.41, 5.74) is 6.97. The Balaban J connectivity index is 2.95. The molecule has 1 amide bonds. The van der Waals surface area contributed by atoms with Gasteiger partial charge in [0, 0.05) is 11.3 Å². The zero-order valence-electron chi connectivity index (χ0n) is 10.7. The van der Waals surface area contributed by atoms with Crippen LogP contribution in [0.15, 0.2) is 18.2 Å². The van der Waals surface area contributed by atoms with Crippen molar-refractivity contribution in [2.24, 2.45) is 0 Å². The van der Waals surface area contributed by atoms with Gasteiger partial charge in [0.05, 0.1) is 11.6 Å². The lowest BCUT2D eigenvalue weighted by Crippen LogP contribution is -2.51. The largest absolute Gasteiger partial charge is 0.398 e. The fraction of sp³-hybridized carbons (Fsp3) is 0.462. The number of amides is 1. The summed E-state index contributed by atoms with van der Waals surface area (Å²) < 4.78 is 0. The van der Waals surface area contributed by atoms with Crippen molar-refractivity contribution >= 4 is 11.6 Å². The van der Waals surface area contributed by atoms with Gasteiger partial charge in [-0.05, 0) is 45.4 Å². The molecule has 1 atom stereocenters. The molecule has 0 heterocycles. The molecule has 17 heavy (non-hydrogen) atoms. The second-order valence-electron chi connectivity index (χ2n) is 4.87. The van der Waals surface area contributed by atoms with Crippen LogP contribution in [0.3, 0.4) is 0 Å². The van der Waals surface area contributed by atoms with Crippen LogP contribution in [0, 0.1) is 6.92 Å². The molecule has 0 aliphatic rings. The highest BCUT2D eigenvalue weighted by Gasteiger charge is 2.27. The van der Waals surface area contributed by atoms with E-state index in [4.69, 9.17) is 5.73 Å². The monoisotopic (exact) mass is 236 g/mol. The number of nitrogens with two attached hydrogens (primary N) is 1. The zero-order valence-corrected chi connectivity index (χ0v) is 10.7. The molecule has 4 nitrogen and oxygen atoms in total. The topological polar surface area (TPSA) is 75.4 Å². The summed E-state index contributed by atoms with van der Waals surface area (Å²) in [6, 6.07) is 5.22. The molecule has 0 saturated heterocycles. The fourth-order valence-corrected chi connectivity index (χ4v) is 1.36. The average molecular weight is 236 g/mol. The van der Waals surface area contributed by atoms with Gasteiger partial charge in [0.15, 0.2) is 0 Å². The summed E-state index contributed by atoms with van der Waals surface area (Å²) in [4.78, 5) is 12.1. The van der Waals surface area contributed by atoms with Crippen LogP contribution in [-0.4, -0.2) is 22.7 Å². The summed E-state index contributed by atoms with van der Waals surface area (Å²) in [5.74, 6) is -0.222. The predicted octanol–water partition coefficient (Wildman–Crippen LogP) is 1.47. The Kier molecular flexibility index (Phi) is 3.78. The van der Waals surface area contributed by atoms with E-state index in [2.05, 4.69) is 5.32 Å². The van der Waals surface area contributed by atoms with E-state index in [1.54, 1.807) is 45.9 Å². The minimum atomic E-state index is -0.672. The van der Waals surface area contributed by atoms with Crippen molar-refractivity contribution in [3.05, 3.63) is 29.3 Å². The molecule has 0 aliphatic carbocycles. The van der Waals surface area contributed by atoms with E-state index in [-0.39, 0.29) is 5.91 Å². The lowest BCUT2D eigenvalue weighted by Gasteiger charge is -2.29. The van der Waals surface area contributed by atoms with Crippen LogP contribution in [-0.2, 0) is 0 Å². The number of anilines is 1. The molecule has 94 valence electrons. The first kappa shape index (κ1) is 13.5. The lowest BCUT2D eigenvalue weighted by atomic mass is 9.97. The van der Waals surface area contributed by atoms with Crippen molar-refractivity contribution in [1.82, 2.24) is 5.32 Å². The Morgan fingerprint density at radius 3 is 2.59 bits per heavy atom. The van der Waals surface area contributed by atoms with E-state index in [0.717, 1.165) is 5.56 Å². The molecule has 0 radical (unpaired) electrons. The SMILES string of the molecule is Cc1c(N)cccc1C(=O)NC(C)(C)C(C)O. The van der Waals surface area contributed by atoms with E-state index in [1.807, 2.05) is 0 Å². The molecule has 0 aliphatic heterocycles. The Hall–Kier alpha value is -1.55. The van der Waals surface area contributed by atoms with E-state index in [1.165, 1.54) is 0 Å². The Bertz CT molecular complexity index is 425. The summed E-state index contributed by atoms with van der Waals surface area (Å²) in [6.07, 6.45) is -0.632. The molecule has 0 fully saturated rings. The van der Waals surface area contributed by atoms with Crippen molar-refractivity contribution in [1.29, 1.82) is 0 Å². The molecular formula is C13H20N2O2. The van der Waals surface area contributed by atoms with Crippen molar-refractivity contribution in [3.8, 4) is 0 Å². The number of benzene rings is 1. The third kappa shape index (κ3) is 2.97. The molecule has 4 N–H and O–H groups in total. The van der Waals surface area contributed by atoms with Crippen LogP contribution in [0.25, 0.3) is 0 Å². The van der Waals surface area contributed by atoms with Crippen LogP contribution in [0.5, 0.6) is 0 Å². The lowest BCUT2D eigenvalue weighted by molar-refractivity contribution is 0.0709. The zero-order chi connectivity index (χ0) is 13.2. The van der Waals surface area contributed by atoms with Gasteiger partial charge in [-0.15, -0.1) is 0 Å². The predicted molar refractivity (Wildman–Crippen MR) is 68.8 cm³/mol. The first-order valence-corrected chi connectivity index (χ1v) is 5.61. The maximum atomic E-state index is 12.1. The van der Waals surface area contributed by atoms with Gasteiger partial charge in [-0.3, -0.25) is 4.79 Å². The molecule has 1 aromatic rings. The number of hydrogen-bond donors (Lipinski definition) is 3. The number of nitrogens with one attached hydrogen (secondary N) is 1. The summed E-state index contributed by atoms with van der Waals surface area (Å²) in [6.45, 7) is 7.00. The molecule has 0 spiro atoms. The second kappa shape index (κ2) is 4.75. The van der Waals surface area contributed by atoms with Crippen molar-refractivity contribution in [3.63, 3.8) is 0 Å². The number of aliphatic hydroxyl groups excluding tert-OH is 1. The molecule has 1 unspecified atom stereocenters. The van der Waals surface area contributed by atoms with Crippen LogP contribution in [0.1, 0.15) is 36.7 Å². The average Bonchev–Trinajstić information content (AvgIpc) is 2.21. The highest BCUT2D eigenvalue weighted by Crippen LogP contribution is 2.17. The minimum Gasteiger partial charge on any atom is -0.398 e. The quantitative estimate of drug-likeness (QED) is 0.696. The summed E-state index contributed by atoms with van der Waals surface area (Å²) in [7, 11) is 0. The molecule has 1 aromatic carbocycles. The molecule has 0 aromatic heterocycles. The Morgan fingerprint density at radius 1 is 1.47 bits per heavy atom. The van der Waals surface area contributed by atoms with Gasteiger partial charge in [-0.25, -0.2) is 0 Å². The Labute approximate surface area is 102 Å². The third-order valence-electron chi connectivity index (χ3n) is 3.10. The highest BCUT2D eigenvalue weighted by atomic mass is 16.3. The minimum absolute atomic E-state index is 0.222. The van der Waals surface area contributed by atoms with E-state index in [0.29, 0.717) is 11.3 Å². The van der Waals surface area contributed by atoms with Gasteiger partial charge in [-0.2, -0.15) is 0 Å². The van der Waals surface area contributed by atoms with Gasteiger partial charge >= 0.3 is 0 Å². The van der Waals surface area contributed by atoms with Gasteiger partial charge in [0.1, 0.15) is 0 Å². The maximum Gasteiger partial charge on any atom is 0.252 e. The highest BCUT2D eigenvalue weighted by molar-refractivity contribution is 5.97. The third-order valence-corrected chi connectivity index (χ3v) is 3.10. The Morgan fingerprint density at radius 2 is 2.06 bits per heavy atom. The second-order valence-corrected chi connectivity index (χ2v) is 4.87. The smallest absolute Gasteiger partial charge is 0.252 e. The molecule has 4 heteroatoms. The standard InChI is InChI=1S/C13H20N2O2/c1-8-10(6-5-7-11(8)14)12(17)15-13(3,4)9(2)16/h5-7,9,16H,14H2,1-4H3,(H,15,17). The van der Waals surface area contributed by atoms with Crippen LogP contribution < -0.4 is 11.1 Å². The normalized spacial score (nSPS) is 13.2. The van der Waals surface area contributed by atoms with Crippen molar-refractivity contribution in [2.75, 3.05) is 5.73 Å². The van der Waals surface area contributed by atoms with Crippen LogP contribution in [0.4, 0.5) is 5.69 Å². The summed E-state index contributed by atoms with van der Waals surface area (Å²) >= 11 is 0. The number of nitrogen functional groups attached to an aromatic ring is 1. The first-order chi connectivity index (χ1) is 7.75. The number of aliphatic hydroxyl groups is 1. The van der Waals surface area contributed by atoms with Crippen molar-refractivity contribution in [2.45, 2.75) is 39.3 Å². The fourth-order valence-electron chi connectivity index (χ4n) is 1.36. The van der Waals surface area contributed by atoms with Crippen molar-refractivity contribution < 1.29 is 9.90 Å². The molecule has 0 bridgehead atoms. The van der Waals surface area contributed by atoms with Gasteiger partial charge < -0.3 is 16.2 Å². The van der Waals surface area contributed by atoms with Gasteiger partial charge in [0.2, 0.25) is 0 Å². The van der Waals surface area contributed by atoms with E-state index in [9.17, 15) is 9.90 Å². The number of rotatable bonds is 3. The van der Waals surface area contributed by atoms with Crippen LogP contribution in [0.2, 0.25) is 0 Å². The van der Waals surface area contributed by atoms with Crippen LogP contribution >= 0.6 is 0 Å². The number of carbonyl (C=O) groups excluding carboxylic acids is 1. The molecular weight excluding hydrogens is 216 g/mol. The molecule has 1 rings (SSSR count). The summed E-state index contributed by atoms with van der Waals surface area (Å²) in [5, 5.41) is 12.4. The van der Waals surface area contributed by atoms with Gasteiger partial charge in [-0.1, -0.05) is 6.07 Å². The molecule has 0 saturated carbocycles. The number of carbonyl (C=O) groups is 1.